The molecular formula is C15H22O2. The van der Waals surface area contributed by atoms with Crippen molar-refractivity contribution in [2.24, 2.45) is 0 Å². The summed E-state index contributed by atoms with van der Waals surface area (Å²) in [5, 5.41) is 0. The van der Waals surface area contributed by atoms with Crippen LogP contribution >= 0.6 is 0 Å². The Kier molecular flexibility index (Phi) is 3.55. The topological polar surface area (TPSA) is 18.5 Å². The van der Waals surface area contributed by atoms with Crippen LogP contribution in [0.25, 0.3) is 0 Å². The number of hydrogen-bond donors (Lipinski definition) is 0. The van der Waals surface area contributed by atoms with Crippen LogP contribution in [0, 0.1) is 0 Å². The molecule has 2 rings (SSSR count). The zero-order valence-corrected chi connectivity index (χ0v) is 11.2. The van der Waals surface area contributed by atoms with Crippen LogP contribution in [-0.2, 0) is 28.9 Å². The van der Waals surface area contributed by atoms with E-state index in [0.29, 0.717) is 6.61 Å². The molecule has 1 heterocycles. The molecule has 0 radical (unpaired) electrons. The Bertz CT molecular complexity index is 382. The maximum absolute atomic E-state index is 5.93. The second kappa shape index (κ2) is 4.79. The van der Waals surface area contributed by atoms with E-state index in [1.54, 1.807) is 7.11 Å². The van der Waals surface area contributed by atoms with Gasteiger partial charge in [-0.3, -0.25) is 0 Å². The fourth-order valence-electron chi connectivity index (χ4n) is 2.43. The van der Waals surface area contributed by atoms with Crippen molar-refractivity contribution in [3.8, 4) is 0 Å². The summed E-state index contributed by atoms with van der Waals surface area (Å²) < 4.78 is 11.5. The molecule has 0 saturated carbocycles. The molecule has 1 unspecified atom stereocenters. The Morgan fingerprint density at radius 3 is 2.82 bits per heavy atom. The van der Waals surface area contributed by atoms with Crippen LogP contribution in [-0.4, -0.2) is 18.8 Å². The van der Waals surface area contributed by atoms with E-state index in [1.807, 2.05) is 0 Å². The zero-order valence-electron chi connectivity index (χ0n) is 11.2. The van der Waals surface area contributed by atoms with Crippen molar-refractivity contribution in [3.05, 3.63) is 34.9 Å². The summed E-state index contributed by atoms with van der Waals surface area (Å²) in [6, 6.07) is 6.52. The number of rotatable bonds is 3. The summed E-state index contributed by atoms with van der Waals surface area (Å²) >= 11 is 0. The molecule has 94 valence electrons. The van der Waals surface area contributed by atoms with Gasteiger partial charge in [0.2, 0.25) is 0 Å². The van der Waals surface area contributed by atoms with Gasteiger partial charge in [0.1, 0.15) is 0 Å². The number of ether oxygens (including phenoxy) is 2. The third-order valence-corrected chi connectivity index (χ3v) is 3.88. The molecule has 1 aromatic carbocycles. The summed E-state index contributed by atoms with van der Waals surface area (Å²) in [7, 11) is 1.75. The van der Waals surface area contributed by atoms with Crippen LogP contribution < -0.4 is 0 Å². The Hall–Kier alpha value is -0.860. The highest BCUT2D eigenvalue weighted by Crippen LogP contribution is 2.30. The van der Waals surface area contributed by atoms with Gasteiger partial charge in [0, 0.05) is 13.5 Å². The van der Waals surface area contributed by atoms with Gasteiger partial charge in [-0.15, -0.1) is 0 Å². The lowest BCUT2D eigenvalue weighted by Crippen LogP contribution is -2.43. The predicted octanol–water partition coefficient (Wildman–Crippen LogP) is 3.12. The SMILES string of the molecule is CCc1cccc2c1CC(C(C)(C)OC)OC2. The molecular weight excluding hydrogens is 212 g/mol. The normalized spacial score (nSPS) is 20.1. The maximum Gasteiger partial charge on any atom is 0.0904 e. The van der Waals surface area contributed by atoms with Gasteiger partial charge < -0.3 is 9.47 Å². The molecule has 1 aliphatic rings. The third kappa shape index (κ3) is 2.38. The molecule has 2 heteroatoms. The molecule has 0 N–H and O–H groups in total. The van der Waals surface area contributed by atoms with Gasteiger partial charge in [-0.2, -0.15) is 0 Å². The van der Waals surface area contributed by atoms with Crippen LogP contribution in [0.1, 0.15) is 37.5 Å². The first kappa shape index (κ1) is 12.6. The van der Waals surface area contributed by atoms with Crippen LogP contribution in [0.3, 0.4) is 0 Å². The van der Waals surface area contributed by atoms with E-state index in [2.05, 4.69) is 39.0 Å². The average Bonchev–Trinajstić information content (AvgIpc) is 2.37. The van der Waals surface area contributed by atoms with Crippen molar-refractivity contribution in [2.45, 2.75) is 51.9 Å². The Balaban J connectivity index is 2.29. The first-order valence-electron chi connectivity index (χ1n) is 6.35. The van der Waals surface area contributed by atoms with Gasteiger partial charge in [-0.1, -0.05) is 25.1 Å². The summed E-state index contributed by atoms with van der Waals surface area (Å²) in [6.45, 7) is 7.11. The molecule has 0 fully saturated rings. The third-order valence-electron chi connectivity index (χ3n) is 3.88. The molecule has 0 spiro atoms. The molecule has 1 aliphatic heterocycles. The molecule has 0 aromatic heterocycles. The first-order chi connectivity index (χ1) is 8.08. The molecule has 1 aromatic rings. The van der Waals surface area contributed by atoms with Gasteiger partial charge in [-0.05, 0) is 37.0 Å². The van der Waals surface area contributed by atoms with Crippen molar-refractivity contribution in [1.82, 2.24) is 0 Å². The lowest BCUT2D eigenvalue weighted by Gasteiger charge is -2.37. The fraction of sp³-hybridized carbons (Fsp3) is 0.600. The molecule has 1 atom stereocenters. The minimum atomic E-state index is -0.224. The number of hydrogen-bond acceptors (Lipinski definition) is 2. The van der Waals surface area contributed by atoms with Crippen molar-refractivity contribution in [2.75, 3.05) is 7.11 Å². The maximum atomic E-state index is 5.93. The Morgan fingerprint density at radius 1 is 1.41 bits per heavy atom. The average molecular weight is 234 g/mol. The largest absolute Gasteiger partial charge is 0.376 e. The smallest absolute Gasteiger partial charge is 0.0904 e. The highest BCUT2D eigenvalue weighted by Gasteiger charge is 2.34. The summed E-state index contributed by atoms with van der Waals surface area (Å²) in [5.74, 6) is 0. The Morgan fingerprint density at radius 2 is 2.18 bits per heavy atom. The van der Waals surface area contributed by atoms with E-state index in [1.165, 1.54) is 16.7 Å². The summed E-state index contributed by atoms with van der Waals surface area (Å²) in [5.41, 5.74) is 4.03. The lowest BCUT2D eigenvalue weighted by atomic mass is 9.87. The predicted molar refractivity (Wildman–Crippen MR) is 69.2 cm³/mol. The highest BCUT2D eigenvalue weighted by molar-refractivity contribution is 5.37. The van der Waals surface area contributed by atoms with Crippen molar-refractivity contribution >= 4 is 0 Å². The van der Waals surface area contributed by atoms with Crippen molar-refractivity contribution in [1.29, 1.82) is 0 Å². The van der Waals surface area contributed by atoms with E-state index in [-0.39, 0.29) is 11.7 Å². The molecule has 2 nitrogen and oxygen atoms in total. The number of fused-ring (bicyclic) bond motifs is 1. The standard InChI is InChI=1S/C15H22O2/c1-5-11-7-6-8-12-10-17-14(9-13(11)12)15(2,3)16-4/h6-8,14H,5,9-10H2,1-4H3. The van der Waals surface area contributed by atoms with Gasteiger partial charge in [0.05, 0.1) is 18.3 Å². The van der Waals surface area contributed by atoms with Crippen LogP contribution in [0.15, 0.2) is 18.2 Å². The van der Waals surface area contributed by atoms with Crippen LogP contribution in [0.2, 0.25) is 0 Å². The lowest BCUT2D eigenvalue weighted by molar-refractivity contribution is -0.120. The Labute approximate surface area is 104 Å². The quantitative estimate of drug-likeness (QED) is 0.800. The van der Waals surface area contributed by atoms with E-state index in [4.69, 9.17) is 9.47 Å². The van der Waals surface area contributed by atoms with Gasteiger partial charge in [-0.25, -0.2) is 0 Å². The zero-order chi connectivity index (χ0) is 12.5. The first-order valence-corrected chi connectivity index (χ1v) is 6.35. The van der Waals surface area contributed by atoms with E-state index < -0.39 is 0 Å². The van der Waals surface area contributed by atoms with Gasteiger partial charge >= 0.3 is 0 Å². The van der Waals surface area contributed by atoms with Crippen LogP contribution in [0.5, 0.6) is 0 Å². The molecule has 0 aliphatic carbocycles. The highest BCUT2D eigenvalue weighted by atomic mass is 16.5. The minimum absolute atomic E-state index is 0.146. The number of aryl methyl sites for hydroxylation is 1. The molecule has 0 bridgehead atoms. The second-order valence-electron chi connectivity index (χ2n) is 5.22. The summed E-state index contributed by atoms with van der Waals surface area (Å²) in [6.07, 6.45) is 2.19. The van der Waals surface area contributed by atoms with E-state index >= 15 is 0 Å². The summed E-state index contributed by atoms with van der Waals surface area (Å²) in [4.78, 5) is 0. The van der Waals surface area contributed by atoms with Crippen LogP contribution in [0.4, 0.5) is 0 Å². The van der Waals surface area contributed by atoms with E-state index in [0.717, 1.165) is 12.8 Å². The number of benzene rings is 1. The molecule has 0 saturated heterocycles. The van der Waals surface area contributed by atoms with Gasteiger partial charge in [0.15, 0.2) is 0 Å². The fourth-order valence-corrected chi connectivity index (χ4v) is 2.43. The molecule has 0 amide bonds. The van der Waals surface area contributed by atoms with Gasteiger partial charge in [0.25, 0.3) is 0 Å². The minimum Gasteiger partial charge on any atom is -0.376 e. The van der Waals surface area contributed by atoms with Crippen molar-refractivity contribution in [3.63, 3.8) is 0 Å². The van der Waals surface area contributed by atoms with E-state index in [9.17, 15) is 0 Å². The second-order valence-corrected chi connectivity index (χ2v) is 5.22. The molecule has 17 heavy (non-hydrogen) atoms. The monoisotopic (exact) mass is 234 g/mol. The number of methoxy groups -OCH3 is 1. The van der Waals surface area contributed by atoms with Crippen molar-refractivity contribution < 1.29 is 9.47 Å².